The Balaban J connectivity index is 1.38. The van der Waals surface area contributed by atoms with Gasteiger partial charge in [0, 0.05) is 35.4 Å². The lowest BCUT2D eigenvalue weighted by molar-refractivity contribution is -0.385. The number of fused-ring (bicyclic) bond motifs is 1. The molecule has 220 valence electrons. The number of Topliss-reactive ketones (excluding diaryl/α,β-unsaturated/α-hetero) is 1. The maximum absolute atomic E-state index is 13.7. The van der Waals surface area contributed by atoms with Crippen molar-refractivity contribution in [2.24, 2.45) is 17.8 Å². The second-order valence-corrected chi connectivity index (χ2v) is 10.6. The number of hydrogen-bond acceptors (Lipinski definition) is 9. The molecule has 2 aliphatic rings. The highest BCUT2D eigenvalue weighted by atomic mass is 16.6. The minimum Gasteiger partial charge on any atom is -0.457 e. The molecule has 1 saturated carbocycles. The quantitative estimate of drug-likeness (QED) is 0.145. The van der Waals surface area contributed by atoms with Gasteiger partial charge in [0.15, 0.2) is 5.78 Å². The number of imide groups is 1. The number of ketones is 1. The minimum absolute atomic E-state index is 0.0333. The van der Waals surface area contributed by atoms with Gasteiger partial charge in [-0.25, -0.2) is 5.01 Å². The average Bonchev–Trinajstić information content (AvgIpc) is 3.24. The standard InChI is InChI=1S/C30H26N4O9/c1-18-2-15-25-26(16-18)30(38)32(29(25)37)31(28(36)20-3-7-21(8-4-20)33(39)40)17-27(35)19-5-11-23(12-6-19)43-24-13-9-22(10-14-24)34(41)42/h3-14,18,25-26H,2,15-17H2,1H3/t18-,25+,26-/m1/s1. The summed E-state index contributed by atoms with van der Waals surface area (Å²) >= 11 is 0. The van der Waals surface area contributed by atoms with Gasteiger partial charge in [-0.3, -0.25) is 39.4 Å². The van der Waals surface area contributed by atoms with Crippen LogP contribution in [0.2, 0.25) is 0 Å². The monoisotopic (exact) mass is 586 g/mol. The molecule has 0 bridgehead atoms. The molecule has 3 atom stereocenters. The van der Waals surface area contributed by atoms with Crippen molar-refractivity contribution in [2.75, 3.05) is 6.54 Å². The van der Waals surface area contributed by atoms with Gasteiger partial charge >= 0.3 is 0 Å². The van der Waals surface area contributed by atoms with E-state index in [0.29, 0.717) is 24.3 Å². The maximum Gasteiger partial charge on any atom is 0.273 e. The van der Waals surface area contributed by atoms with Crippen LogP contribution in [0.1, 0.15) is 46.9 Å². The molecule has 0 aromatic heterocycles. The number of nitro groups is 2. The molecule has 0 unspecified atom stereocenters. The van der Waals surface area contributed by atoms with E-state index in [1.54, 1.807) is 0 Å². The fraction of sp³-hybridized carbons (Fsp3) is 0.267. The summed E-state index contributed by atoms with van der Waals surface area (Å²) in [5, 5.41) is 23.5. The molecule has 1 saturated heterocycles. The fourth-order valence-electron chi connectivity index (χ4n) is 5.43. The van der Waals surface area contributed by atoms with Crippen LogP contribution in [0.3, 0.4) is 0 Å². The van der Waals surface area contributed by atoms with Crippen LogP contribution in [0, 0.1) is 38.0 Å². The van der Waals surface area contributed by atoms with Gasteiger partial charge in [0.2, 0.25) is 0 Å². The Bertz CT molecular complexity index is 1600. The highest BCUT2D eigenvalue weighted by molar-refractivity contribution is 6.09. The minimum atomic E-state index is -0.824. The Morgan fingerprint density at radius 2 is 1.28 bits per heavy atom. The van der Waals surface area contributed by atoms with E-state index in [2.05, 4.69) is 0 Å². The van der Waals surface area contributed by atoms with Crippen molar-refractivity contribution in [1.29, 1.82) is 0 Å². The number of benzene rings is 3. The van der Waals surface area contributed by atoms with E-state index < -0.39 is 51.7 Å². The van der Waals surface area contributed by atoms with Gasteiger partial charge in [-0.1, -0.05) is 6.92 Å². The van der Waals surface area contributed by atoms with E-state index in [9.17, 15) is 39.4 Å². The van der Waals surface area contributed by atoms with Gasteiger partial charge in [-0.05, 0) is 73.7 Å². The molecule has 0 spiro atoms. The number of carbonyl (C=O) groups excluding carboxylic acids is 4. The van der Waals surface area contributed by atoms with Gasteiger partial charge in [-0.15, -0.1) is 0 Å². The third kappa shape index (κ3) is 5.96. The number of hydrazine groups is 1. The molecule has 3 aromatic carbocycles. The summed E-state index contributed by atoms with van der Waals surface area (Å²) in [7, 11) is 0. The Labute approximate surface area is 244 Å². The summed E-state index contributed by atoms with van der Waals surface area (Å²) < 4.78 is 5.68. The first-order valence-corrected chi connectivity index (χ1v) is 13.5. The fourth-order valence-corrected chi connectivity index (χ4v) is 5.43. The number of amides is 3. The van der Waals surface area contributed by atoms with E-state index in [4.69, 9.17) is 4.74 Å². The zero-order valence-electron chi connectivity index (χ0n) is 23.0. The Morgan fingerprint density at radius 3 is 1.84 bits per heavy atom. The average molecular weight is 587 g/mol. The SMILES string of the molecule is C[C@@H]1CC[C@@H]2C(=O)N(N(CC(=O)c3ccc(Oc4ccc([N+](=O)[O-])cc4)cc3)C(=O)c3ccc([N+](=O)[O-])cc3)C(=O)[C@@H]2C1. The molecule has 13 heteroatoms. The van der Waals surface area contributed by atoms with Crippen molar-refractivity contribution in [3.05, 3.63) is 104 Å². The van der Waals surface area contributed by atoms with E-state index in [-0.39, 0.29) is 28.4 Å². The zero-order valence-corrected chi connectivity index (χ0v) is 23.0. The summed E-state index contributed by atoms with van der Waals surface area (Å²) in [6, 6.07) is 16.0. The van der Waals surface area contributed by atoms with Gasteiger partial charge < -0.3 is 4.74 Å². The predicted octanol–water partition coefficient (Wildman–Crippen LogP) is 4.96. The van der Waals surface area contributed by atoms with Crippen LogP contribution in [0.25, 0.3) is 0 Å². The molecule has 1 heterocycles. The summed E-state index contributed by atoms with van der Waals surface area (Å²) in [5.74, 6) is -2.75. The highest BCUT2D eigenvalue weighted by Crippen LogP contribution is 2.41. The first kappa shape index (κ1) is 29.0. The van der Waals surface area contributed by atoms with E-state index >= 15 is 0 Å². The van der Waals surface area contributed by atoms with Gasteiger partial charge in [-0.2, -0.15) is 5.01 Å². The van der Waals surface area contributed by atoms with E-state index in [1.807, 2.05) is 6.92 Å². The second kappa shape index (κ2) is 11.8. The van der Waals surface area contributed by atoms with Crippen molar-refractivity contribution in [1.82, 2.24) is 10.0 Å². The number of hydrogen-bond donors (Lipinski definition) is 0. The molecule has 0 N–H and O–H groups in total. The first-order chi connectivity index (χ1) is 20.5. The lowest BCUT2D eigenvalue weighted by Gasteiger charge is -2.30. The lowest BCUT2D eigenvalue weighted by atomic mass is 9.76. The topological polar surface area (TPSA) is 170 Å². The number of nitrogens with zero attached hydrogens (tertiary/aromatic N) is 4. The second-order valence-electron chi connectivity index (χ2n) is 10.6. The number of nitro benzene ring substituents is 2. The number of carbonyl (C=O) groups is 4. The van der Waals surface area contributed by atoms with Crippen LogP contribution >= 0.6 is 0 Å². The third-order valence-corrected chi connectivity index (χ3v) is 7.72. The van der Waals surface area contributed by atoms with E-state index in [1.165, 1.54) is 60.7 Å². The van der Waals surface area contributed by atoms with Crippen LogP contribution in [-0.4, -0.2) is 49.9 Å². The van der Waals surface area contributed by atoms with Crippen molar-refractivity contribution < 1.29 is 33.8 Å². The van der Waals surface area contributed by atoms with Crippen LogP contribution < -0.4 is 4.74 Å². The van der Waals surface area contributed by atoms with Gasteiger partial charge in [0.25, 0.3) is 29.1 Å². The molecule has 2 fully saturated rings. The third-order valence-electron chi connectivity index (χ3n) is 7.72. The highest BCUT2D eigenvalue weighted by Gasteiger charge is 2.52. The molecule has 0 radical (unpaired) electrons. The summed E-state index contributed by atoms with van der Waals surface area (Å²) in [5.41, 5.74) is -0.204. The lowest BCUT2D eigenvalue weighted by Crippen LogP contribution is -2.52. The van der Waals surface area contributed by atoms with Crippen LogP contribution in [-0.2, 0) is 9.59 Å². The molecular formula is C30H26N4O9. The Hall–Kier alpha value is -5.46. The summed E-state index contributed by atoms with van der Waals surface area (Å²) in [4.78, 5) is 74.7. The number of non-ortho nitro benzene ring substituents is 2. The van der Waals surface area contributed by atoms with Gasteiger partial charge in [0.1, 0.15) is 18.0 Å². The van der Waals surface area contributed by atoms with Gasteiger partial charge in [0.05, 0.1) is 21.7 Å². The van der Waals surface area contributed by atoms with Crippen LogP contribution in [0.15, 0.2) is 72.8 Å². The number of ether oxygens (including phenoxy) is 1. The number of rotatable bonds is 9. The van der Waals surface area contributed by atoms with Crippen molar-refractivity contribution in [3.63, 3.8) is 0 Å². The van der Waals surface area contributed by atoms with Crippen molar-refractivity contribution in [2.45, 2.75) is 26.2 Å². The molecular weight excluding hydrogens is 560 g/mol. The molecule has 1 aliphatic heterocycles. The van der Waals surface area contributed by atoms with Crippen molar-refractivity contribution >= 4 is 34.9 Å². The molecule has 3 aromatic rings. The Kier molecular flexibility index (Phi) is 7.97. The maximum atomic E-state index is 13.7. The smallest absolute Gasteiger partial charge is 0.273 e. The first-order valence-electron chi connectivity index (χ1n) is 13.5. The van der Waals surface area contributed by atoms with E-state index in [0.717, 1.165) is 28.6 Å². The van der Waals surface area contributed by atoms with Crippen LogP contribution in [0.4, 0.5) is 11.4 Å². The predicted molar refractivity (Wildman–Crippen MR) is 150 cm³/mol. The Morgan fingerprint density at radius 1 is 0.791 bits per heavy atom. The largest absolute Gasteiger partial charge is 0.457 e. The van der Waals surface area contributed by atoms with Crippen molar-refractivity contribution in [3.8, 4) is 11.5 Å². The summed E-state index contributed by atoms with van der Waals surface area (Å²) in [6.45, 7) is 1.36. The molecule has 13 nitrogen and oxygen atoms in total. The zero-order chi connectivity index (χ0) is 30.8. The normalized spacial score (nSPS) is 19.5. The summed E-state index contributed by atoms with van der Waals surface area (Å²) in [6.07, 6.45) is 1.75. The molecule has 43 heavy (non-hydrogen) atoms. The molecule has 1 aliphatic carbocycles. The molecule has 5 rings (SSSR count). The molecule has 3 amide bonds. The van der Waals surface area contributed by atoms with Crippen LogP contribution in [0.5, 0.6) is 11.5 Å².